The summed E-state index contributed by atoms with van der Waals surface area (Å²) in [7, 11) is 0. The molecule has 0 spiro atoms. The van der Waals surface area contributed by atoms with Crippen molar-refractivity contribution in [1.82, 2.24) is 4.98 Å². The first-order valence-electron chi connectivity index (χ1n) is 6.40. The summed E-state index contributed by atoms with van der Waals surface area (Å²) in [6.45, 7) is 3.95. The van der Waals surface area contributed by atoms with Crippen molar-refractivity contribution >= 4 is 28.9 Å². The molecule has 0 fully saturated rings. The van der Waals surface area contributed by atoms with E-state index in [-0.39, 0.29) is 11.8 Å². The quantitative estimate of drug-likeness (QED) is 0.784. The number of nitrogens with one attached hydrogen (secondary N) is 1. The summed E-state index contributed by atoms with van der Waals surface area (Å²) in [5.41, 5.74) is 2.50. The maximum atomic E-state index is 9.96. The van der Waals surface area contributed by atoms with Crippen LogP contribution < -0.4 is 5.32 Å². The van der Waals surface area contributed by atoms with Gasteiger partial charge in [0, 0.05) is 5.56 Å². The summed E-state index contributed by atoms with van der Waals surface area (Å²) in [6.07, 6.45) is 0.802. The van der Waals surface area contributed by atoms with E-state index >= 15 is 0 Å². The average Bonchev–Trinajstić information content (AvgIpc) is 2.39. The van der Waals surface area contributed by atoms with Gasteiger partial charge in [0.15, 0.2) is 5.15 Å². The number of phenolic OH excluding ortho intramolecular Hbond substituents is 1. The van der Waals surface area contributed by atoms with Crippen molar-refractivity contribution in [1.29, 1.82) is 0 Å². The zero-order valence-corrected chi connectivity index (χ0v) is 12.8. The van der Waals surface area contributed by atoms with Crippen LogP contribution in [0.4, 0.5) is 5.69 Å². The minimum Gasteiger partial charge on any atom is -0.508 e. The van der Waals surface area contributed by atoms with E-state index in [1.54, 1.807) is 18.2 Å². The van der Waals surface area contributed by atoms with Gasteiger partial charge < -0.3 is 10.4 Å². The molecule has 1 aromatic carbocycles. The number of anilines is 1. The van der Waals surface area contributed by atoms with Gasteiger partial charge >= 0.3 is 0 Å². The lowest BCUT2D eigenvalue weighted by atomic mass is 10.0. The Kier molecular flexibility index (Phi) is 4.73. The number of hydrogen-bond acceptors (Lipinski definition) is 3. The van der Waals surface area contributed by atoms with E-state index in [1.807, 2.05) is 26.0 Å². The Hall–Kier alpha value is -1.45. The summed E-state index contributed by atoms with van der Waals surface area (Å²) in [4.78, 5) is 4.04. The molecule has 1 unspecified atom stereocenters. The second-order valence-corrected chi connectivity index (χ2v) is 5.34. The van der Waals surface area contributed by atoms with Crippen LogP contribution in [0, 0.1) is 6.92 Å². The molecule has 2 aromatic rings. The van der Waals surface area contributed by atoms with Crippen molar-refractivity contribution in [3.63, 3.8) is 0 Å². The fourth-order valence-electron chi connectivity index (χ4n) is 2.13. The third-order valence-electron chi connectivity index (χ3n) is 3.18. The van der Waals surface area contributed by atoms with Crippen LogP contribution in [-0.2, 0) is 0 Å². The van der Waals surface area contributed by atoms with Crippen molar-refractivity contribution in [3.8, 4) is 5.75 Å². The topological polar surface area (TPSA) is 45.2 Å². The lowest BCUT2D eigenvalue weighted by molar-refractivity contribution is 0.462. The monoisotopic (exact) mass is 310 g/mol. The number of aromatic hydroxyl groups is 1. The molecule has 3 nitrogen and oxygen atoms in total. The molecule has 0 bridgehead atoms. The average molecular weight is 311 g/mol. The molecule has 2 N–H and O–H groups in total. The number of aryl methyl sites for hydroxylation is 1. The first-order chi connectivity index (χ1) is 9.52. The maximum absolute atomic E-state index is 9.96. The zero-order valence-electron chi connectivity index (χ0n) is 11.3. The van der Waals surface area contributed by atoms with E-state index in [1.165, 1.54) is 0 Å². The minimum absolute atomic E-state index is 0.0459. The Balaban J connectivity index is 2.35. The molecule has 1 atom stereocenters. The number of pyridine rings is 1. The number of para-hydroxylation sites is 1. The third-order valence-corrected chi connectivity index (χ3v) is 3.65. The SMILES string of the molecule is CCC(Nc1c(C)cc(Cl)nc1Cl)c1ccccc1O. The Bertz CT molecular complexity index is 594. The lowest BCUT2D eigenvalue weighted by Crippen LogP contribution is -2.11. The van der Waals surface area contributed by atoms with Gasteiger partial charge in [0.25, 0.3) is 0 Å². The molecule has 0 aliphatic heterocycles. The first-order valence-corrected chi connectivity index (χ1v) is 7.15. The number of halogens is 2. The molecule has 20 heavy (non-hydrogen) atoms. The van der Waals surface area contributed by atoms with Crippen LogP contribution in [0.5, 0.6) is 5.75 Å². The van der Waals surface area contributed by atoms with Gasteiger partial charge in [0.2, 0.25) is 0 Å². The van der Waals surface area contributed by atoms with Gasteiger partial charge in [-0.1, -0.05) is 48.3 Å². The molecular formula is C15H16Cl2N2O. The van der Waals surface area contributed by atoms with Crippen LogP contribution in [0.3, 0.4) is 0 Å². The molecule has 1 aromatic heterocycles. The van der Waals surface area contributed by atoms with E-state index in [9.17, 15) is 5.11 Å². The molecule has 1 heterocycles. The summed E-state index contributed by atoms with van der Waals surface area (Å²) in [5.74, 6) is 0.266. The number of rotatable bonds is 4. The van der Waals surface area contributed by atoms with Crippen LogP contribution >= 0.6 is 23.2 Å². The van der Waals surface area contributed by atoms with Crippen molar-refractivity contribution in [2.75, 3.05) is 5.32 Å². The van der Waals surface area contributed by atoms with Crippen molar-refractivity contribution < 1.29 is 5.11 Å². The molecule has 0 saturated carbocycles. The van der Waals surface area contributed by atoms with Crippen molar-refractivity contribution in [2.24, 2.45) is 0 Å². The normalized spacial score (nSPS) is 12.2. The molecule has 0 amide bonds. The van der Waals surface area contributed by atoms with E-state index in [0.717, 1.165) is 23.2 Å². The van der Waals surface area contributed by atoms with Crippen molar-refractivity contribution in [2.45, 2.75) is 26.3 Å². The van der Waals surface area contributed by atoms with Gasteiger partial charge in [0.1, 0.15) is 10.9 Å². The highest BCUT2D eigenvalue weighted by Gasteiger charge is 2.16. The summed E-state index contributed by atoms with van der Waals surface area (Å²) in [5, 5.41) is 14.0. The Morgan fingerprint density at radius 3 is 2.60 bits per heavy atom. The van der Waals surface area contributed by atoms with Crippen LogP contribution in [0.15, 0.2) is 30.3 Å². The second-order valence-electron chi connectivity index (χ2n) is 4.59. The molecule has 0 saturated heterocycles. The fraction of sp³-hybridized carbons (Fsp3) is 0.267. The van der Waals surface area contributed by atoms with E-state index in [4.69, 9.17) is 23.2 Å². The minimum atomic E-state index is -0.0459. The highest BCUT2D eigenvalue weighted by Crippen LogP contribution is 2.33. The predicted octanol–water partition coefficient (Wildman–Crippen LogP) is 4.97. The van der Waals surface area contributed by atoms with Gasteiger partial charge in [-0.25, -0.2) is 4.98 Å². The van der Waals surface area contributed by atoms with Gasteiger partial charge in [-0.15, -0.1) is 0 Å². The predicted molar refractivity (Wildman–Crippen MR) is 83.8 cm³/mol. The molecule has 5 heteroatoms. The second kappa shape index (κ2) is 6.33. The fourth-order valence-corrected chi connectivity index (χ4v) is 2.71. The molecule has 0 radical (unpaired) electrons. The van der Waals surface area contributed by atoms with Gasteiger partial charge in [-0.2, -0.15) is 0 Å². The number of benzene rings is 1. The van der Waals surface area contributed by atoms with Crippen LogP contribution in [0.1, 0.15) is 30.5 Å². The molecule has 0 aliphatic rings. The van der Waals surface area contributed by atoms with Crippen LogP contribution in [0.2, 0.25) is 10.3 Å². The lowest BCUT2D eigenvalue weighted by Gasteiger charge is -2.21. The molecule has 2 rings (SSSR count). The third kappa shape index (κ3) is 3.17. The van der Waals surface area contributed by atoms with Gasteiger partial charge in [-0.3, -0.25) is 0 Å². The summed E-state index contributed by atoms with van der Waals surface area (Å²) >= 11 is 12.0. The number of aromatic nitrogens is 1. The summed E-state index contributed by atoms with van der Waals surface area (Å²) < 4.78 is 0. The Labute approximate surface area is 128 Å². The van der Waals surface area contributed by atoms with E-state index in [0.29, 0.717) is 10.3 Å². The summed E-state index contributed by atoms with van der Waals surface area (Å²) in [6, 6.07) is 8.97. The number of hydrogen-bond donors (Lipinski definition) is 2. The number of phenols is 1. The Morgan fingerprint density at radius 1 is 1.30 bits per heavy atom. The zero-order chi connectivity index (χ0) is 14.7. The number of nitrogens with zero attached hydrogens (tertiary/aromatic N) is 1. The van der Waals surface area contributed by atoms with Gasteiger partial charge in [0.05, 0.1) is 11.7 Å². The first kappa shape index (κ1) is 14.9. The maximum Gasteiger partial charge on any atom is 0.154 e. The van der Waals surface area contributed by atoms with Crippen LogP contribution in [0.25, 0.3) is 0 Å². The van der Waals surface area contributed by atoms with Gasteiger partial charge in [-0.05, 0) is 31.0 Å². The largest absolute Gasteiger partial charge is 0.508 e. The molecular weight excluding hydrogens is 295 g/mol. The highest BCUT2D eigenvalue weighted by atomic mass is 35.5. The van der Waals surface area contributed by atoms with E-state index < -0.39 is 0 Å². The van der Waals surface area contributed by atoms with Crippen LogP contribution in [-0.4, -0.2) is 10.1 Å². The standard InChI is InChI=1S/C15H16Cl2N2O/c1-3-11(10-6-4-5-7-12(10)20)18-14-9(2)8-13(16)19-15(14)17/h4-8,11,18,20H,3H2,1-2H3. The van der Waals surface area contributed by atoms with Crippen molar-refractivity contribution in [3.05, 3.63) is 51.8 Å². The molecule has 0 aliphatic carbocycles. The van der Waals surface area contributed by atoms with E-state index in [2.05, 4.69) is 10.3 Å². The Morgan fingerprint density at radius 2 is 2.00 bits per heavy atom. The molecule has 106 valence electrons. The smallest absolute Gasteiger partial charge is 0.154 e. The highest BCUT2D eigenvalue weighted by molar-refractivity contribution is 6.34.